The van der Waals surface area contributed by atoms with E-state index in [4.69, 9.17) is 9.84 Å². The van der Waals surface area contributed by atoms with Crippen molar-refractivity contribution < 1.29 is 19.0 Å². The van der Waals surface area contributed by atoms with Crippen molar-refractivity contribution in [1.82, 2.24) is 14.8 Å². The van der Waals surface area contributed by atoms with E-state index in [0.717, 1.165) is 23.1 Å². The van der Waals surface area contributed by atoms with Crippen molar-refractivity contribution in [2.45, 2.75) is 11.7 Å². The zero-order valence-electron chi connectivity index (χ0n) is 14.4. The van der Waals surface area contributed by atoms with Gasteiger partial charge in [-0.1, -0.05) is 11.8 Å². The molecule has 0 bridgehead atoms. The third-order valence-electron chi connectivity index (χ3n) is 3.65. The molecule has 140 valence electrons. The van der Waals surface area contributed by atoms with Gasteiger partial charge in [-0.3, -0.25) is 9.36 Å². The highest BCUT2D eigenvalue weighted by Crippen LogP contribution is 2.24. The van der Waals surface area contributed by atoms with Gasteiger partial charge in [0.2, 0.25) is 0 Å². The third kappa shape index (κ3) is 4.76. The van der Waals surface area contributed by atoms with Crippen molar-refractivity contribution in [2.24, 2.45) is 0 Å². The summed E-state index contributed by atoms with van der Waals surface area (Å²) in [5, 5.41) is 20.9. The lowest BCUT2D eigenvalue weighted by atomic mass is 10.3. The van der Waals surface area contributed by atoms with Gasteiger partial charge in [-0.05, 0) is 48.5 Å². The predicted octanol–water partition coefficient (Wildman–Crippen LogP) is 3.20. The molecular weight excluding hydrogens is 371 g/mol. The molecule has 0 fully saturated rings. The van der Waals surface area contributed by atoms with E-state index >= 15 is 0 Å². The topological polar surface area (TPSA) is 89.3 Å². The van der Waals surface area contributed by atoms with Gasteiger partial charge in [0.05, 0.1) is 19.4 Å². The number of hydrogen-bond acceptors (Lipinski definition) is 6. The molecule has 0 spiro atoms. The summed E-state index contributed by atoms with van der Waals surface area (Å²) >= 11 is 1.09. The number of carbonyl (C=O) groups is 1. The first-order valence-electron chi connectivity index (χ1n) is 7.99. The van der Waals surface area contributed by atoms with Crippen LogP contribution >= 0.6 is 11.8 Å². The molecule has 2 N–H and O–H groups in total. The highest BCUT2D eigenvalue weighted by atomic mass is 32.2. The molecule has 7 nitrogen and oxygen atoms in total. The fraction of sp³-hybridized carbons (Fsp3) is 0.167. The average molecular weight is 388 g/mol. The normalized spacial score (nSPS) is 10.6. The van der Waals surface area contributed by atoms with Crippen LogP contribution in [0.4, 0.5) is 10.1 Å². The number of aromatic nitrogens is 3. The molecule has 0 aliphatic rings. The fourth-order valence-electron chi connectivity index (χ4n) is 2.37. The number of rotatable bonds is 8. The van der Waals surface area contributed by atoms with Crippen molar-refractivity contribution in [1.29, 1.82) is 0 Å². The Kier molecular flexibility index (Phi) is 5.92. The molecule has 0 amide bonds. The third-order valence-corrected chi connectivity index (χ3v) is 4.56. The highest BCUT2D eigenvalue weighted by molar-refractivity contribution is 7.99. The molecule has 0 atom stereocenters. The minimum Gasteiger partial charge on any atom is -0.497 e. The SMILES string of the molecule is COc1ccc(-n2c(CNc3ccc(F)cc3)nnc2SCC(=O)O)cc1. The van der Waals surface area contributed by atoms with Gasteiger partial charge >= 0.3 is 5.97 Å². The lowest BCUT2D eigenvalue weighted by molar-refractivity contribution is -0.133. The van der Waals surface area contributed by atoms with Crippen LogP contribution in [0.25, 0.3) is 5.69 Å². The standard InChI is InChI=1S/C18H17FN4O3S/c1-26-15-8-6-14(7-9-15)23-16(21-22-18(23)27-11-17(24)25)10-20-13-4-2-12(19)3-5-13/h2-9,20H,10-11H2,1H3,(H,24,25). The molecule has 1 heterocycles. The molecule has 0 radical (unpaired) electrons. The number of aliphatic carboxylic acids is 1. The van der Waals surface area contributed by atoms with Gasteiger partial charge < -0.3 is 15.2 Å². The number of carboxylic acids is 1. The van der Waals surface area contributed by atoms with Gasteiger partial charge in [0, 0.05) is 11.4 Å². The zero-order valence-corrected chi connectivity index (χ0v) is 15.2. The quantitative estimate of drug-likeness (QED) is 0.573. The van der Waals surface area contributed by atoms with E-state index in [1.54, 1.807) is 35.9 Å². The summed E-state index contributed by atoms with van der Waals surface area (Å²) in [5.41, 5.74) is 1.52. The highest BCUT2D eigenvalue weighted by Gasteiger charge is 2.16. The van der Waals surface area contributed by atoms with Crippen molar-refractivity contribution in [3.8, 4) is 11.4 Å². The first-order chi connectivity index (χ1) is 13.1. The Balaban J connectivity index is 1.87. The van der Waals surface area contributed by atoms with Crippen molar-refractivity contribution >= 4 is 23.4 Å². The molecule has 27 heavy (non-hydrogen) atoms. The number of ether oxygens (including phenoxy) is 1. The van der Waals surface area contributed by atoms with Crippen LogP contribution in [0.5, 0.6) is 5.75 Å². The van der Waals surface area contributed by atoms with Gasteiger partial charge in [-0.25, -0.2) is 4.39 Å². The van der Waals surface area contributed by atoms with Crippen LogP contribution in [0.2, 0.25) is 0 Å². The summed E-state index contributed by atoms with van der Waals surface area (Å²) in [6.45, 7) is 0.332. The van der Waals surface area contributed by atoms with E-state index in [1.165, 1.54) is 12.1 Å². The van der Waals surface area contributed by atoms with Crippen molar-refractivity contribution in [3.63, 3.8) is 0 Å². The number of benzene rings is 2. The number of nitrogens with zero attached hydrogens (tertiary/aromatic N) is 3. The fourth-order valence-corrected chi connectivity index (χ4v) is 3.07. The number of methoxy groups -OCH3 is 1. The first-order valence-corrected chi connectivity index (χ1v) is 8.98. The second-order valence-corrected chi connectivity index (χ2v) is 6.42. The lowest BCUT2D eigenvalue weighted by Gasteiger charge is -2.12. The smallest absolute Gasteiger partial charge is 0.313 e. The van der Waals surface area contributed by atoms with Crippen molar-refractivity contribution in [3.05, 3.63) is 60.2 Å². The zero-order chi connectivity index (χ0) is 19.2. The summed E-state index contributed by atoms with van der Waals surface area (Å²) in [4.78, 5) is 10.9. The Bertz CT molecular complexity index is 913. The van der Waals surface area contributed by atoms with Crippen LogP contribution in [-0.4, -0.2) is 38.7 Å². The molecule has 3 rings (SSSR count). The summed E-state index contributed by atoms with van der Waals surface area (Å²) in [6.07, 6.45) is 0. The average Bonchev–Trinajstić information content (AvgIpc) is 3.09. The maximum absolute atomic E-state index is 13.0. The lowest BCUT2D eigenvalue weighted by Crippen LogP contribution is -2.09. The second kappa shape index (κ2) is 8.54. The molecule has 1 aromatic heterocycles. The van der Waals surface area contributed by atoms with Crippen LogP contribution in [0.15, 0.2) is 53.7 Å². The Hall–Kier alpha value is -3.07. The Morgan fingerprint density at radius 2 is 1.89 bits per heavy atom. The van der Waals surface area contributed by atoms with Gasteiger partial charge in [-0.2, -0.15) is 0 Å². The first kappa shape index (κ1) is 18.7. The molecular formula is C18H17FN4O3S. The monoisotopic (exact) mass is 388 g/mol. The second-order valence-electron chi connectivity index (χ2n) is 5.48. The van der Waals surface area contributed by atoms with E-state index in [0.29, 0.717) is 23.3 Å². The molecule has 0 saturated carbocycles. The summed E-state index contributed by atoms with van der Waals surface area (Å²) in [7, 11) is 1.58. The summed E-state index contributed by atoms with van der Waals surface area (Å²) in [6, 6.07) is 13.3. The molecule has 0 aliphatic carbocycles. The molecule has 9 heteroatoms. The van der Waals surface area contributed by atoms with Gasteiger partial charge in [0.1, 0.15) is 11.6 Å². The van der Waals surface area contributed by atoms with E-state index in [2.05, 4.69) is 15.5 Å². The Labute approximate surface area is 159 Å². The molecule has 0 aliphatic heterocycles. The summed E-state index contributed by atoms with van der Waals surface area (Å²) in [5.74, 6) is -0.0702. The number of halogens is 1. The van der Waals surface area contributed by atoms with E-state index in [9.17, 15) is 9.18 Å². The number of nitrogens with one attached hydrogen (secondary N) is 1. The predicted molar refractivity (Wildman–Crippen MR) is 100.0 cm³/mol. The minimum atomic E-state index is -0.935. The number of carboxylic acid groups (broad SMARTS) is 1. The molecule has 3 aromatic rings. The summed E-state index contributed by atoms with van der Waals surface area (Å²) < 4.78 is 20.0. The van der Waals surface area contributed by atoms with Crippen LogP contribution in [0.3, 0.4) is 0 Å². The Morgan fingerprint density at radius 3 is 2.52 bits per heavy atom. The van der Waals surface area contributed by atoms with Crippen LogP contribution < -0.4 is 10.1 Å². The molecule has 0 unspecified atom stereocenters. The van der Waals surface area contributed by atoms with Crippen LogP contribution in [-0.2, 0) is 11.3 Å². The Morgan fingerprint density at radius 1 is 1.19 bits per heavy atom. The van der Waals surface area contributed by atoms with Crippen molar-refractivity contribution in [2.75, 3.05) is 18.2 Å². The number of anilines is 1. The maximum atomic E-state index is 13.0. The van der Waals surface area contributed by atoms with Gasteiger partial charge in [-0.15, -0.1) is 10.2 Å². The van der Waals surface area contributed by atoms with E-state index in [1.807, 2.05) is 12.1 Å². The van der Waals surface area contributed by atoms with Crippen LogP contribution in [0, 0.1) is 5.82 Å². The number of thioether (sulfide) groups is 1. The molecule has 0 saturated heterocycles. The van der Waals surface area contributed by atoms with Gasteiger partial charge in [0.25, 0.3) is 0 Å². The molecule has 2 aromatic carbocycles. The van der Waals surface area contributed by atoms with Crippen LogP contribution in [0.1, 0.15) is 5.82 Å². The number of hydrogen-bond donors (Lipinski definition) is 2. The maximum Gasteiger partial charge on any atom is 0.313 e. The van der Waals surface area contributed by atoms with E-state index in [-0.39, 0.29) is 11.6 Å². The van der Waals surface area contributed by atoms with E-state index < -0.39 is 5.97 Å². The largest absolute Gasteiger partial charge is 0.497 e. The minimum absolute atomic E-state index is 0.125. The van der Waals surface area contributed by atoms with Gasteiger partial charge in [0.15, 0.2) is 11.0 Å².